The van der Waals surface area contributed by atoms with Crippen molar-refractivity contribution in [3.63, 3.8) is 0 Å². The van der Waals surface area contributed by atoms with Gasteiger partial charge in [0.2, 0.25) is 0 Å². The Morgan fingerprint density at radius 3 is 2.76 bits per heavy atom. The fourth-order valence-electron chi connectivity index (χ4n) is 5.11. The molecule has 0 atom stereocenters. The molecule has 33 heavy (non-hydrogen) atoms. The number of pyridine rings is 1. The number of hydrogen-bond donors (Lipinski definition) is 2. The van der Waals surface area contributed by atoms with Crippen LogP contribution in [0, 0.1) is 12.7 Å². The Hall–Kier alpha value is -3.23. The van der Waals surface area contributed by atoms with Gasteiger partial charge >= 0.3 is 0 Å². The minimum Gasteiger partial charge on any atom is -0.345 e. The fourth-order valence-corrected chi connectivity index (χ4v) is 5.40. The summed E-state index contributed by atoms with van der Waals surface area (Å²) in [6.07, 6.45) is 5.54. The number of rotatable bonds is 4. The molecule has 0 unspecified atom stereocenters. The zero-order valence-electron chi connectivity index (χ0n) is 18.2. The molecule has 4 aromatic rings. The lowest BCUT2D eigenvalue weighted by Gasteiger charge is -2.37. The standard InChI is InChI=1S/C24H22ClFN6O/c1-13-19(11-31(2)30-13)18-8-15(26)3-4-17(18)21-22(25)32-6-5-14(7-20(32)28-21)23(33)29-24-9-16(10-24)27-12-24/h3-8,11,16,27H,9-10,12H2,1-2H3,(H,29,33). The molecule has 7 nitrogen and oxygen atoms in total. The molecule has 3 fully saturated rings. The molecule has 9 heteroatoms. The zero-order chi connectivity index (χ0) is 22.9. The molecule has 168 valence electrons. The van der Waals surface area contributed by atoms with E-state index in [0.29, 0.717) is 39.2 Å². The predicted octanol–water partition coefficient (Wildman–Crippen LogP) is 3.74. The second-order valence-electron chi connectivity index (χ2n) is 9.11. The van der Waals surface area contributed by atoms with Crippen molar-refractivity contribution in [2.45, 2.75) is 31.3 Å². The smallest absolute Gasteiger partial charge is 0.251 e. The molecule has 2 N–H and O–H groups in total. The van der Waals surface area contributed by atoms with Crippen LogP contribution in [0.15, 0.2) is 42.7 Å². The SMILES string of the molecule is Cc1nn(C)cc1-c1cc(F)ccc1-c1nc2cc(C(=O)NC34CNC(C3)C4)ccn2c1Cl. The average Bonchev–Trinajstić information content (AvgIpc) is 3.51. The maximum absolute atomic E-state index is 14.2. The molecule has 1 aliphatic carbocycles. The van der Waals surface area contributed by atoms with Crippen LogP contribution in [0.5, 0.6) is 0 Å². The first-order valence-electron chi connectivity index (χ1n) is 10.9. The van der Waals surface area contributed by atoms with Crippen molar-refractivity contribution in [3.8, 4) is 22.4 Å². The van der Waals surface area contributed by atoms with Crippen molar-refractivity contribution in [3.05, 3.63) is 65.0 Å². The highest BCUT2D eigenvalue weighted by atomic mass is 35.5. The maximum atomic E-state index is 14.2. The fraction of sp³-hybridized carbons (Fsp3) is 0.292. The van der Waals surface area contributed by atoms with Gasteiger partial charge < -0.3 is 10.6 Å². The van der Waals surface area contributed by atoms with Crippen LogP contribution in [-0.4, -0.2) is 43.2 Å². The highest BCUT2D eigenvalue weighted by Crippen LogP contribution is 2.39. The van der Waals surface area contributed by atoms with Crippen LogP contribution in [0.1, 0.15) is 28.9 Å². The second-order valence-corrected chi connectivity index (χ2v) is 9.47. The van der Waals surface area contributed by atoms with Gasteiger partial charge in [-0.2, -0.15) is 5.10 Å². The summed E-state index contributed by atoms with van der Waals surface area (Å²) >= 11 is 6.71. The van der Waals surface area contributed by atoms with Crippen LogP contribution < -0.4 is 10.6 Å². The Kier molecular flexibility index (Phi) is 4.41. The number of aryl methyl sites for hydroxylation is 2. The van der Waals surface area contributed by atoms with Gasteiger partial charge in [0.25, 0.3) is 5.91 Å². The van der Waals surface area contributed by atoms with E-state index in [9.17, 15) is 9.18 Å². The Morgan fingerprint density at radius 2 is 2.06 bits per heavy atom. The summed E-state index contributed by atoms with van der Waals surface area (Å²) in [6.45, 7) is 2.69. The minimum atomic E-state index is -0.352. The minimum absolute atomic E-state index is 0.117. The molecule has 0 spiro atoms. The molecule has 0 radical (unpaired) electrons. The number of carbonyl (C=O) groups excluding carboxylic acids is 1. The average molecular weight is 465 g/mol. The molecule has 2 saturated heterocycles. The number of hydrogen-bond acceptors (Lipinski definition) is 4. The third kappa shape index (κ3) is 3.24. The quantitative estimate of drug-likeness (QED) is 0.482. The van der Waals surface area contributed by atoms with Gasteiger partial charge in [-0.05, 0) is 55.7 Å². The lowest BCUT2D eigenvalue weighted by atomic mass is 9.78. The number of carbonyl (C=O) groups is 1. The topological polar surface area (TPSA) is 76.2 Å². The highest BCUT2D eigenvalue weighted by Gasteiger charge is 2.51. The van der Waals surface area contributed by atoms with Crippen LogP contribution in [0.3, 0.4) is 0 Å². The van der Waals surface area contributed by atoms with E-state index in [2.05, 4.69) is 15.7 Å². The summed E-state index contributed by atoms with van der Waals surface area (Å²) in [6, 6.07) is 8.54. The van der Waals surface area contributed by atoms with Gasteiger partial charge in [0.05, 0.1) is 11.2 Å². The first-order valence-corrected chi connectivity index (χ1v) is 11.2. The van der Waals surface area contributed by atoms with Crippen molar-refractivity contribution in [1.29, 1.82) is 0 Å². The summed E-state index contributed by atoms with van der Waals surface area (Å²) < 4.78 is 17.6. The van der Waals surface area contributed by atoms with E-state index in [4.69, 9.17) is 16.6 Å². The number of halogens is 2. The van der Waals surface area contributed by atoms with E-state index in [1.165, 1.54) is 12.1 Å². The number of nitrogens with one attached hydrogen (secondary N) is 2. The lowest BCUT2D eigenvalue weighted by molar-refractivity contribution is 0.0872. The summed E-state index contributed by atoms with van der Waals surface area (Å²) in [5, 5.41) is 11.4. The molecule has 7 rings (SSSR count). The zero-order valence-corrected chi connectivity index (χ0v) is 18.9. The molecular formula is C24H22ClFN6O. The third-order valence-corrected chi connectivity index (χ3v) is 7.11. The number of amides is 1. The number of benzene rings is 1. The predicted molar refractivity (Wildman–Crippen MR) is 124 cm³/mol. The van der Waals surface area contributed by atoms with Gasteiger partial charge in [-0.25, -0.2) is 9.37 Å². The summed E-state index contributed by atoms with van der Waals surface area (Å²) in [5.41, 5.74) is 4.42. The number of nitrogens with zero attached hydrogens (tertiary/aromatic N) is 4. The number of fused-ring (bicyclic) bond motifs is 2. The van der Waals surface area contributed by atoms with Crippen LogP contribution in [-0.2, 0) is 7.05 Å². The van der Waals surface area contributed by atoms with Crippen LogP contribution in [0.2, 0.25) is 5.15 Å². The van der Waals surface area contributed by atoms with Crippen molar-refractivity contribution >= 4 is 23.2 Å². The molecule has 3 aromatic heterocycles. The summed E-state index contributed by atoms with van der Waals surface area (Å²) in [4.78, 5) is 17.6. The van der Waals surface area contributed by atoms with Gasteiger partial charge in [-0.3, -0.25) is 13.9 Å². The monoisotopic (exact) mass is 464 g/mol. The van der Waals surface area contributed by atoms with Crippen molar-refractivity contribution in [1.82, 2.24) is 29.8 Å². The van der Waals surface area contributed by atoms with Gasteiger partial charge in [0.1, 0.15) is 22.3 Å². The van der Waals surface area contributed by atoms with E-state index in [-0.39, 0.29) is 17.3 Å². The second kappa shape index (κ2) is 7.13. The van der Waals surface area contributed by atoms with Crippen molar-refractivity contribution in [2.75, 3.05) is 6.54 Å². The van der Waals surface area contributed by atoms with Crippen molar-refractivity contribution in [2.24, 2.45) is 7.05 Å². The van der Waals surface area contributed by atoms with E-state index in [0.717, 1.165) is 30.6 Å². The lowest BCUT2D eigenvalue weighted by Crippen LogP contribution is -2.54. The first kappa shape index (κ1) is 20.4. The molecule has 2 aliphatic heterocycles. The van der Waals surface area contributed by atoms with Gasteiger partial charge in [-0.1, -0.05) is 11.6 Å². The van der Waals surface area contributed by atoms with Crippen LogP contribution in [0.4, 0.5) is 4.39 Å². The van der Waals surface area contributed by atoms with Crippen molar-refractivity contribution < 1.29 is 9.18 Å². The summed E-state index contributed by atoms with van der Waals surface area (Å²) in [7, 11) is 1.82. The van der Waals surface area contributed by atoms with Gasteiger partial charge in [-0.15, -0.1) is 0 Å². The Labute approximate surface area is 194 Å². The van der Waals surface area contributed by atoms with E-state index in [1.54, 1.807) is 33.5 Å². The normalized spacial score (nSPS) is 21.4. The summed E-state index contributed by atoms with van der Waals surface area (Å²) in [5.74, 6) is -0.469. The molecular weight excluding hydrogens is 443 g/mol. The van der Waals surface area contributed by atoms with Crippen LogP contribution in [0.25, 0.3) is 28.0 Å². The third-order valence-electron chi connectivity index (χ3n) is 6.75. The highest BCUT2D eigenvalue weighted by molar-refractivity contribution is 6.32. The Morgan fingerprint density at radius 1 is 1.24 bits per heavy atom. The molecule has 1 amide bonds. The van der Waals surface area contributed by atoms with Crippen LogP contribution >= 0.6 is 11.6 Å². The van der Waals surface area contributed by atoms with Gasteiger partial charge in [0, 0.05) is 48.7 Å². The molecule has 2 bridgehead atoms. The first-order chi connectivity index (χ1) is 15.8. The molecule has 5 heterocycles. The number of imidazole rings is 1. The maximum Gasteiger partial charge on any atom is 0.251 e. The number of aromatic nitrogens is 4. The Bertz CT molecular complexity index is 1430. The largest absolute Gasteiger partial charge is 0.345 e. The molecule has 1 saturated carbocycles. The molecule has 1 aromatic carbocycles. The van der Waals surface area contributed by atoms with Gasteiger partial charge in [0.15, 0.2) is 0 Å². The Balaban J connectivity index is 1.41. The van der Waals surface area contributed by atoms with E-state index in [1.807, 2.05) is 20.2 Å². The molecule has 3 aliphatic rings. The van der Waals surface area contributed by atoms with E-state index >= 15 is 0 Å². The van der Waals surface area contributed by atoms with E-state index < -0.39 is 0 Å².